The minimum Gasteiger partial charge on any atom is -0.744 e. The zero-order valence-electron chi connectivity index (χ0n) is 37.3. The van der Waals surface area contributed by atoms with E-state index in [0.29, 0.717) is 100 Å². The summed E-state index contributed by atoms with van der Waals surface area (Å²) in [6, 6.07) is 8.54. The number of carboxylic acid groups (broad SMARTS) is 1. The fourth-order valence-corrected chi connectivity index (χ4v) is 9.73. The van der Waals surface area contributed by atoms with E-state index in [1.54, 1.807) is 44.6 Å². The molecule has 0 fully saturated rings. The third-order valence-electron chi connectivity index (χ3n) is 11.5. The number of nitrogens with zero attached hydrogens (tertiary/aromatic N) is 2. The SMILES string of the molecule is COCCOCCOCCOCC[N+]1=C(/C=C/C=C/C=C2/N(CCCCCC(=O)O)c3ccc(S(=O)(=O)[O-])cc3C2(C)CCOC)C(C)(CCCS(=O)(=O)O)c2cc(S(=O)(=O)O)ccc21. The van der Waals surface area contributed by atoms with Gasteiger partial charge < -0.3 is 38.2 Å². The fourth-order valence-electron chi connectivity index (χ4n) is 8.22. The summed E-state index contributed by atoms with van der Waals surface area (Å²) in [5, 5.41) is 9.15. The molecule has 2 aromatic rings. The molecule has 2 unspecified atom stereocenters. The van der Waals surface area contributed by atoms with E-state index < -0.39 is 52.9 Å². The summed E-state index contributed by atoms with van der Waals surface area (Å²) < 4.78 is 134. The maximum absolute atomic E-state index is 12.3. The van der Waals surface area contributed by atoms with Crippen LogP contribution in [0.15, 0.2) is 82.3 Å². The van der Waals surface area contributed by atoms with Gasteiger partial charge in [-0.25, -0.2) is 8.42 Å². The van der Waals surface area contributed by atoms with Gasteiger partial charge in [0.15, 0.2) is 12.3 Å². The summed E-state index contributed by atoms with van der Waals surface area (Å²) in [5.41, 5.74) is 2.11. The highest BCUT2D eigenvalue weighted by Gasteiger charge is 2.48. The average Bonchev–Trinajstić information content (AvgIpc) is 3.60. The van der Waals surface area contributed by atoms with Crippen molar-refractivity contribution in [3.8, 4) is 0 Å². The lowest BCUT2D eigenvalue weighted by Gasteiger charge is -2.30. The first-order valence-corrected chi connectivity index (χ1v) is 25.7. The van der Waals surface area contributed by atoms with Gasteiger partial charge in [-0.05, 0) is 87.9 Å². The molecule has 362 valence electrons. The van der Waals surface area contributed by atoms with Crippen molar-refractivity contribution in [2.24, 2.45) is 0 Å². The van der Waals surface area contributed by atoms with Gasteiger partial charge >= 0.3 is 5.97 Å². The van der Waals surface area contributed by atoms with E-state index in [-0.39, 0.29) is 48.8 Å². The Morgan fingerprint density at radius 1 is 0.738 bits per heavy atom. The predicted molar refractivity (Wildman–Crippen MR) is 241 cm³/mol. The molecule has 0 amide bonds. The van der Waals surface area contributed by atoms with Crippen LogP contribution in [0.25, 0.3) is 0 Å². The molecule has 3 N–H and O–H groups in total. The topological polar surface area (TPSA) is 256 Å². The minimum atomic E-state index is -4.78. The molecule has 0 aliphatic carbocycles. The Bertz CT molecular complexity index is 2420. The number of carbonyl (C=O) groups is 1. The van der Waals surface area contributed by atoms with E-state index in [0.717, 1.165) is 5.70 Å². The molecule has 2 atom stereocenters. The Hall–Kier alpha value is -3.87. The van der Waals surface area contributed by atoms with Crippen LogP contribution in [0.1, 0.15) is 69.9 Å². The van der Waals surface area contributed by atoms with Gasteiger partial charge in [0, 0.05) is 68.3 Å². The molecule has 0 radical (unpaired) electrons. The first kappa shape index (κ1) is 53.7. The molecule has 2 aromatic carbocycles. The smallest absolute Gasteiger partial charge is 0.303 e. The van der Waals surface area contributed by atoms with Crippen LogP contribution >= 0.6 is 0 Å². The van der Waals surface area contributed by atoms with Gasteiger partial charge in [0.25, 0.3) is 20.2 Å². The van der Waals surface area contributed by atoms with Crippen LogP contribution in [0.2, 0.25) is 0 Å². The van der Waals surface area contributed by atoms with Crippen LogP contribution < -0.4 is 4.90 Å². The number of hydrogen-bond donors (Lipinski definition) is 3. The molecule has 18 nitrogen and oxygen atoms in total. The van der Waals surface area contributed by atoms with Crippen molar-refractivity contribution < 1.29 is 77.1 Å². The molecule has 4 rings (SSSR count). The quantitative estimate of drug-likeness (QED) is 0.0402. The van der Waals surface area contributed by atoms with Crippen molar-refractivity contribution in [2.45, 2.75) is 79.4 Å². The second-order valence-electron chi connectivity index (χ2n) is 16.1. The van der Waals surface area contributed by atoms with E-state index >= 15 is 0 Å². The lowest BCUT2D eigenvalue weighted by molar-refractivity contribution is -0.442. The molecule has 0 spiro atoms. The van der Waals surface area contributed by atoms with E-state index in [1.165, 1.54) is 24.3 Å². The number of aliphatic carboxylic acids is 1. The minimum absolute atomic E-state index is 0.0170. The number of allylic oxidation sites excluding steroid dienone is 6. The summed E-state index contributed by atoms with van der Waals surface area (Å²) in [4.78, 5) is 12.5. The summed E-state index contributed by atoms with van der Waals surface area (Å²) in [6.07, 6.45) is 11.4. The van der Waals surface area contributed by atoms with Crippen molar-refractivity contribution >= 4 is 53.4 Å². The predicted octanol–water partition coefficient (Wildman–Crippen LogP) is 5.01. The Kier molecular flexibility index (Phi) is 20.0. The third-order valence-corrected chi connectivity index (χ3v) is 14.0. The van der Waals surface area contributed by atoms with E-state index in [9.17, 15) is 43.7 Å². The van der Waals surface area contributed by atoms with Crippen LogP contribution in [0.4, 0.5) is 11.4 Å². The third kappa shape index (κ3) is 15.1. The highest BCUT2D eigenvalue weighted by molar-refractivity contribution is 7.86. The van der Waals surface area contributed by atoms with Crippen LogP contribution in [-0.2, 0) is 69.7 Å². The maximum atomic E-state index is 12.3. The van der Waals surface area contributed by atoms with Gasteiger partial charge in [0.05, 0.1) is 60.6 Å². The molecule has 0 saturated heterocycles. The number of unbranched alkanes of at least 4 members (excludes halogenated alkanes) is 2. The highest BCUT2D eigenvalue weighted by atomic mass is 32.2. The Morgan fingerprint density at radius 3 is 1.98 bits per heavy atom. The fraction of sp³-hybridized carbons (Fsp3) is 0.545. The second-order valence-corrected chi connectivity index (χ2v) is 20.5. The van der Waals surface area contributed by atoms with Crippen molar-refractivity contribution in [1.29, 1.82) is 0 Å². The number of methoxy groups -OCH3 is 2. The molecule has 2 aliphatic rings. The molecule has 2 aliphatic heterocycles. The molecule has 65 heavy (non-hydrogen) atoms. The summed E-state index contributed by atoms with van der Waals surface area (Å²) in [7, 11) is -10.6. The maximum Gasteiger partial charge on any atom is 0.303 e. The summed E-state index contributed by atoms with van der Waals surface area (Å²) in [6.45, 7) is 7.36. The van der Waals surface area contributed by atoms with Gasteiger partial charge in [-0.2, -0.15) is 21.4 Å². The summed E-state index contributed by atoms with van der Waals surface area (Å²) >= 11 is 0. The average molecular weight is 971 g/mol. The number of fused-ring (bicyclic) bond motifs is 2. The van der Waals surface area contributed by atoms with E-state index in [2.05, 4.69) is 0 Å². The van der Waals surface area contributed by atoms with Gasteiger partial charge in [0.2, 0.25) is 5.69 Å². The number of hydrogen-bond acceptors (Lipinski definition) is 14. The lowest BCUT2D eigenvalue weighted by Crippen LogP contribution is -2.32. The standard InChI is InChI=1S/C44H62N2O16S3/c1-43(19-11-31-63(49,50)51)36-32-34(64(52,53)54)16-18-39(36)46(22-24-60-27-28-62-30-29-61-26-25-59-4)40(43)12-7-5-8-13-41-44(2,20-23-58-3)37-33-35(65(55,56)57)15-17-38(37)45(41)21-10-6-9-14-42(47)48/h5,7-8,12-13,15-18,32-33H,6,9-11,14,19-31H2,1-4H3,(H3-,47,48,49,50,51,52,53,54,55,56,57). The van der Waals surface area contributed by atoms with Crippen LogP contribution in [-0.4, -0.2) is 146 Å². The molecular weight excluding hydrogens is 909 g/mol. The Labute approximate surface area is 382 Å². The van der Waals surface area contributed by atoms with Gasteiger partial charge in [-0.3, -0.25) is 13.9 Å². The summed E-state index contributed by atoms with van der Waals surface area (Å²) in [5.74, 6) is -1.42. The van der Waals surface area contributed by atoms with Gasteiger partial charge in [-0.1, -0.05) is 24.6 Å². The normalized spacial score (nSPS) is 19.6. The first-order chi connectivity index (χ1) is 30.7. The molecule has 0 saturated carbocycles. The number of carboxylic acids is 1. The van der Waals surface area contributed by atoms with Gasteiger partial charge in [-0.15, -0.1) is 0 Å². The number of anilines is 1. The first-order valence-electron chi connectivity index (χ1n) is 21.3. The largest absolute Gasteiger partial charge is 0.744 e. The zero-order chi connectivity index (χ0) is 47.9. The van der Waals surface area contributed by atoms with E-state index in [1.807, 2.05) is 35.5 Å². The molecule has 0 aromatic heterocycles. The van der Waals surface area contributed by atoms with Crippen molar-refractivity contribution in [2.75, 3.05) is 90.8 Å². The molecular formula is C44H62N2O16S3. The molecule has 0 bridgehead atoms. The van der Waals surface area contributed by atoms with Crippen molar-refractivity contribution in [1.82, 2.24) is 0 Å². The van der Waals surface area contributed by atoms with E-state index in [4.69, 9.17) is 28.8 Å². The van der Waals surface area contributed by atoms with Gasteiger partial charge in [0.1, 0.15) is 16.7 Å². The van der Waals surface area contributed by atoms with Crippen LogP contribution in [0.3, 0.4) is 0 Å². The number of ether oxygens (including phenoxy) is 5. The Morgan fingerprint density at radius 2 is 1.37 bits per heavy atom. The second kappa shape index (κ2) is 24.2. The number of benzene rings is 2. The van der Waals surface area contributed by atoms with Crippen LogP contribution in [0, 0.1) is 0 Å². The highest BCUT2D eigenvalue weighted by Crippen LogP contribution is 2.51. The van der Waals surface area contributed by atoms with Crippen molar-refractivity contribution in [3.05, 3.63) is 83.6 Å². The van der Waals surface area contributed by atoms with Crippen molar-refractivity contribution in [3.63, 3.8) is 0 Å². The van der Waals surface area contributed by atoms with Crippen LogP contribution in [0.5, 0.6) is 0 Å². The molecule has 21 heteroatoms. The lowest BCUT2D eigenvalue weighted by atomic mass is 9.76. The zero-order valence-corrected chi connectivity index (χ0v) is 39.8. The Balaban J connectivity index is 1.72. The number of rotatable bonds is 30. The molecule has 2 heterocycles. The monoisotopic (exact) mass is 970 g/mol.